The fraction of sp³-hybridized carbons (Fsp3) is 0.364. The third-order valence-corrected chi connectivity index (χ3v) is 4.73. The first kappa shape index (κ1) is 23.0. The van der Waals surface area contributed by atoms with Crippen LogP contribution in [-0.4, -0.2) is 26.3 Å². The number of benzene rings is 2. The van der Waals surface area contributed by atoms with Crippen LogP contribution < -0.4 is 20.1 Å². The molecule has 0 radical (unpaired) electrons. The summed E-state index contributed by atoms with van der Waals surface area (Å²) in [5.41, 5.74) is 6.86. The molecule has 0 atom stereocenters. The molecule has 0 heterocycles. The molecule has 6 nitrogen and oxygen atoms in total. The van der Waals surface area contributed by atoms with E-state index in [0.29, 0.717) is 11.5 Å². The number of hydrogen-bond donors (Lipinski definition) is 2. The van der Waals surface area contributed by atoms with Crippen molar-refractivity contribution in [1.29, 1.82) is 0 Å². The summed E-state index contributed by atoms with van der Waals surface area (Å²) >= 11 is 0. The van der Waals surface area contributed by atoms with Crippen molar-refractivity contribution in [3.63, 3.8) is 0 Å². The van der Waals surface area contributed by atoms with Gasteiger partial charge in [0.2, 0.25) is 0 Å². The average molecular weight is 386 g/mol. The molecule has 0 bridgehead atoms. The van der Waals surface area contributed by atoms with Gasteiger partial charge < -0.3 is 20.1 Å². The lowest BCUT2D eigenvalue weighted by atomic mass is 10.0. The first-order valence-electron chi connectivity index (χ1n) is 9.04. The van der Waals surface area contributed by atoms with Gasteiger partial charge in [-0.25, -0.2) is 9.59 Å². The Hall–Kier alpha value is -3.02. The first-order chi connectivity index (χ1) is 13.1. The number of amides is 2. The zero-order chi connectivity index (χ0) is 21.4. The lowest BCUT2D eigenvalue weighted by Gasteiger charge is -2.10. The summed E-state index contributed by atoms with van der Waals surface area (Å²) in [7, 11) is 3.08. The molecule has 0 aliphatic rings. The third kappa shape index (κ3) is 6.30. The molecule has 2 amide bonds. The van der Waals surface area contributed by atoms with Gasteiger partial charge in [0.1, 0.15) is 11.5 Å². The zero-order valence-corrected chi connectivity index (χ0v) is 17.9. The Bertz CT molecular complexity index is 837. The molecule has 0 spiro atoms. The van der Waals surface area contributed by atoms with E-state index < -0.39 is 12.2 Å². The smallest absolute Gasteiger partial charge is 0.410 e. The average Bonchev–Trinajstić information content (AvgIpc) is 2.66. The van der Waals surface area contributed by atoms with Crippen molar-refractivity contribution in [2.45, 2.75) is 41.5 Å². The third-order valence-electron chi connectivity index (χ3n) is 4.73. The summed E-state index contributed by atoms with van der Waals surface area (Å²) in [6, 6.07) is 7.47. The van der Waals surface area contributed by atoms with Crippen LogP contribution in [0.25, 0.3) is 0 Å². The Morgan fingerprint density at radius 3 is 1.68 bits per heavy atom. The Balaban J connectivity index is 0.000000280. The highest BCUT2D eigenvalue weighted by molar-refractivity contribution is 5.71. The Labute approximate surface area is 167 Å². The second-order valence-electron chi connectivity index (χ2n) is 6.59. The zero-order valence-electron chi connectivity index (χ0n) is 17.9. The van der Waals surface area contributed by atoms with Crippen molar-refractivity contribution >= 4 is 12.2 Å². The summed E-state index contributed by atoms with van der Waals surface area (Å²) in [4.78, 5) is 22.0. The molecule has 0 aliphatic carbocycles. The number of hydrogen-bond acceptors (Lipinski definition) is 4. The van der Waals surface area contributed by atoms with Gasteiger partial charge in [-0.2, -0.15) is 0 Å². The van der Waals surface area contributed by atoms with Gasteiger partial charge in [0, 0.05) is 14.1 Å². The molecule has 0 aliphatic heterocycles. The molecule has 6 heteroatoms. The largest absolute Gasteiger partial charge is 0.412 e. The Morgan fingerprint density at radius 1 is 0.679 bits per heavy atom. The lowest BCUT2D eigenvalue weighted by molar-refractivity contribution is 0.201. The maximum absolute atomic E-state index is 11.0. The lowest BCUT2D eigenvalue weighted by Crippen LogP contribution is -2.22. The van der Waals surface area contributed by atoms with Crippen molar-refractivity contribution in [3.8, 4) is 11.5 Å². The van der Waals surface area contributed by atoms with Gasteiger partial charge in [0.15, 0.2) is 0 Å². The van der Waals surface area contributed by atoms with Gasteiger partial charge in [-0.05, 0) is 93.1 Å². The molecular formula is C22H30N2O4. The number of rotatable bonds is 2. The highest BCUT2D eigenvalue weighted by Crippen LogP contribution is 2.23. The van der Waals surface area contributed by atoms with Gasteiger partial charge in [-0.1, -0.05) is 6.07 Å². The van der Waals surface area contributed by atoms with E-state index in [9.17, 15) is 9.59 Å². The molecule has 0 unspecified atom stereocenters. The molecule has 152 valence electrons. The molecule has 2 N–H and O–H groups in total. The summed E-state index contributed by atoms with van der Waals surface area (Å²) in [6.45, 7) is 12.0. The SMILES string of the molecule is CNC(=O)Oc1cc(C)c(C)c(C)c1.CNC(=O)Oc1ccc(C)c(C)c1C. The van der Waals surface area contributed by atoms with Crippen LogP contribution in [0.5, 0.6) is 11.5 Å². The number of ether oxygens (including phenoxy) is 2. The maximum Gasteiger partial charge on any atom is 0.412 e. The van der Waals surface area contributed by atoms with E-state index in [-0.39, 0.29) is 0 Å². The van der Waals surface area contributed by atoms with Crippen LogP contribution in [-0.2, 0) is 0 Å². The quantitative estimate of drug-likeness (QED) is 0.787. The molecule has 0 saturated carbocycles. The predicted molar refractivity (Wildman–Crippen MR) is 111 cm³/mol. The predicted octanol–water partition coefficient (Wildman–Crippen LogP) is 4.66. The number of carbonyl (C=O) groups excluding carboxylic acids is 2. The first-order valence-corrected chi connectivity index (χ1v) is 9.04. The highest BCUT2D eigenvalue weighted by Gasteiger charge is 2.08. The van der Waals surface area contributed by atoms with Crippen molar-refractivity contribution in [1.82, 2.24) is 10.6 Å². The molecule has 2 aromatic carbocycles. The molecule has 0 saturated heterocycles. The Morgan fingerprint density at radius 2 is 1.18 bits per heavy atom. The number of aryl methyl sites for hydroxylation is 3. The van der Waals surface area contributed by atoms with E-state index in [0.717, 1.165) is 22.3 Å². The van der Waals surface area contributed by atoms with E-state index in [1.54, 1.807) is 7.05 Å². The van der Waals surface area contributed by atoms with Gasteiger partial charge in [0.25, 0.3) is 0 Å². The van der Waals surface area contributed by atoms with Gasteiger partial charge in [0.05, 0.1) is 0 Å². The number of nitrogens with one attached hydrogen (secondary N) is 2. The fourth-order valence-corrected chi connectivity index (χ4v) is 2.41. The van der Waals surface area contributed by atoms with Crippen LogP contribution in [0.2, 0.25) is 0 Å². The van der Waals surface area contributed by atoms with Crippen molar-refractivity contribution < 1.29 is 19.1 Å². The summed E-state index contributed by atoms with van der Waals surface area (Å²) in [6.07, 6.45) is -0.871. The van der Waals surface area contributed by atoms with E-state index in [4.69, 9.17) is 9.47 Å². The van der Waals surface area contributed by atoms with Crippen LogP contribution in [0.4, 0.5) is 9.59 Å². The van der Waals surface area contributed by atoms with Crippen molar-refractivity contribution in [2.24, 2.45) is 0 Å². The van der Waals surface area contributed by atoms with Crippen LogP contribution in [0.1, 0.15) is 33.4 Å². The molecule has 0 fully saturated rings. The van der Waals surface area contributed by atoms with E-state index in [2.05, 4.69) is 10.6 Å². The van der Waals surface area contributed by atoms with Crippen molar-refractivity contribution in [2.75, 3.05) is 14.1 Å². The van der Waals surface area contributed by atoms with Crippen LogP contribution in [0, 0.1) is 41.5 Å². The van der Waals surface area contributed by atoms with Gasteiger partial charge in [-0.3, -0.25) is 0 Å². The van der Waals surface area contributed by atoms with E-state index in [1.807, 2.05) is 65.8 Å². The van der Waals surface area contributed by atoms with Crippen LogP contribution >= 0.6 is 0 Å². The summed E-state index contributed by atoms with van der Waals surface area (Å²) in [5.74, 6) is 1.21. The second-order valence-corrected chi connectivity index (χ2v) is 6.59. The second kappa shape index (κ2) is 10.3. The minimum Gasteiger partial charge on any atom is -0.410 e. The van der Waals surface area contributed by atoms with Crippen molar-refractivity contribution in [3.05, 3.63) is 57.6 Å². The van der Waals surface area contributed by atoms with E-state index in [1.165, 1.54) is 18.2 Å². The van der Waals surface area contributed by atoms with Gasteiger partial charge >= 0.3 is 12.2 Å². The fourth-order valence-electron chi connectivity index (χ4n) is 2.41. The summed E-state index contributed by atoms with van der Waals surface area (Å²) in [5, 5.41) is 4.82. The van der Waals surface area contributed by atoms with Crippen LogP contribution in [0.3, 0.4) is 0 Å². The maximum atomic E-state index is 11.0. The highest BCUT2D eigenvalue weighted by atomic mass is 16.6. The van der Waals surface area contributed by atoms with Crippen LogP contribution in [0.15, 0.2) is 24.3 Å². The van der Waals surface area contributed by atoms with Gasteiger partial charge in [-0.15, -0.1) is 0 Å². The molecular weight excluding hydrogens is 356 g/mol. The monoisotopic (exact) mass is 386 g/mol. The van der Waals surface area contributed by atoms with E-state index >= 15 is 0 Å². The normalized spacial score (nSPS) is 9.71. The molecule has 2 rings (SSSR count). The minimum atomic E-state index is -0.437. The summed E-state index contributed by atoms with van der Waals surface area (Å²) < 4.78 is 10.1. The standard InChI is InChI=1S/2C11H15NO2/c1-7-5-10(14-11(13)12-4)6-8(2)9(7)3;1-7-5-6-10(9(3)8(7)2)14-11(13)12-4/h2*5-6H,1-4H3,(H,12,13). The molecule has 0 aromatic heterocycles. The Kier molecular flexibility index (Phi) is 8.51. The molecule has 2 aromatic rings. The minimum absolute atomic E-state index is 0.434. The topological polar surface area (TPSA) is 76.7 Å². The number of carbonyl (C=O) groups is 2. The molecule has 28 heavy (non-hydrogen) atoms.